The molecular formula is C18H17ClFN3O3. The Hall–Kier alpha value is -2.93. The number of anilines is 1. The van der Waals surface area contributed by atoms with E-state index in [0.29, 0.717) is 22.2 Å². The smallest absolute Gasteiger partial charge is 0.271 e. The summed E-state index contributed by atoms with van der Waals surface area (Å²) in [6.07, 6.45) is -0.0423. The van der Waals surface area contributed by atoms with Crippen molar-refractivity contribution in [3.8, 4) is 5.75 Å². The van der Waals surface area contributed by atoms with Gasteiger partial charge in [-0.3, -0.25) is 9.59 Å². The molecule has 2 aromatic rings. The summed E-state index contributed by atoms with van der Waals surface area (Å²) in [6.45, 7) is 1.60. The number of hydrogen-bond donors (Lipinski definition) is 2. The number of nitrogens with one attached hydrogen (secondary N) is 2. The Labute approximate surface area is 155 Å². The molecule has 0 saturated heterocycles. The normalized spacial score (nSPS) is 11.0. The van der Waals surface area contributed by atoms with E-state index in [1.165, 1.54) is 31.4 Å². The van der Waals surface area contributed by atoms with E-state index in [0.717, 1.165) is 0 Å². The summed E-state index contributed by atoms with van der Waals surface area (Å²) in [7, 11) is 1.48. The Kier molecular flexibility index (Phi) is 6.68. The molecule has 0 fully saturated rings. The van der Waals surface area contributed by atoms with Crippen LogP contribution in [0.3, 0.4) is 0 Å². The minimum absolute atomic E-state index is 0.0423. The number of amides is 2. The number of benzene rings is 2. The van der Waals surface area contributed by atoms with Gasteiger partial charge in [0.2, 0.25) is 5.91 Å². The van der Waals surface area contributed by atoms with Crippen LogP contribution in [0.15, 0.2) is 47.6 Å². The van der Waals surface area contributed by atoms with Crippen molar-refractivity contribution >= 4 is 34.8 Å². The van der Waals surface area contributed by atoms with Gasteiger partial charge in [-0.1, -0.05) is 11.6 Å². The number of carbonyl (C=O) groups is 2. The van der Waals surface area contributed by atoms with Crippen molar-refractivity contribution in [3.05, 3.63) is 58.9 Å². The predicted octanol–water partition coefficient (Wildman–Crippen LogP) is 3.62. The zero-order chi connectivity index (χ0) is 19.1. The number of ether oxygens (including phenoxy) is 1. The van der Waals surface area contributed by atoms with Crippen molar-refractivity contribution in [1.82, 2.24) is 5.43 Å². The standard InChI is InChI=1S/C18H17ClFN3O3/c1-11(22-23-18(25)12-3-6-14(20)7-4-12)9-17(24)21-15-10-13(19)5-8-16(15)26-2/h3-8,10H,9H2,1-2H3,(H,21,24)(H,23,25)/b22-11-. The molecule has 2 N–H and O–H groups in total. The number of halogens is 2. The molecule has 0 aliphatic heterocycles. The molecule has 2 aromatic carbocycles. The molecule has 0 atom stereocenters. The van der Waals surface area contributed by atoms with Crippen molar-refractivity contribution in [3.63, 3.8) is 0 Å². The van der Waals surface area contributed by atoms with Gasteiger partial charge < -0.3 is 10.1 Å². The van der Waals surface area contributed by atoms with Crippen LogP contribution in [0.1, 0.15) is 23.7 Å². The second kappa shape index (κ2) is 8.96. The van der Waals surface area contributed by atoms with E-state index >= 15 is 0 Å². The van der Waals surface area contributed by atoms with Crippen molar-refractivity contribution < 1.29 is 18.7 Å². The summed E-state index contributed by atoms with van der Waals surface area (Å²) in [5.41, 5.74) is 3.41. The largest absolute Gasteiger partial charge is 0.495 e. The van der Waals surface area contributed by atoms with Crippen LogP contribution in [0.25, 0.3) is 0 Å². The molecule has 0 aliphatic rings. The van der Waals surface area contributed by atoms with E-state index in [1.54, 1.807) is 25.1 Å². The highest BCUT2D eigenvalue weighted by molar-refractivity contribution is 6.31. The van der Waals surface area contributed by atoms with Gasteiger partial charge in [0.25, 0.3) is 5.91 Å². The quantitative estimate of drug-likeness (QED) is 0.596. The second-order valence-electron chi connectivity index (χ2n) is 5.36. The van der Waals surface area contributed by atoms with Gasteiger partial charge >= 0.3 is 0 Å². The first-order valence-electron chi connectivity index (χ1n) is 7.61. The van der Waals surface area contributed by atoms with E-state index in [4.69, 9.17) is 16.3 Å². The number of nitrogens with zero attached hydrogens (tertiary/aromatic N) is 1. The molecular weight excluding hydrogens is 361 g/mol. The molecule has 26 heavy (non-hydrogen) atoms. The molecule has 0 unspecified atom stereocenters. The lowest BCUT2D eigenvalue weighted by Gasteiger charge is -2.10. The molecule has 0 heterocycles. The maximum Gasteiger partial charge on any atom is 0.271 e. The van der Waals surface area contributed by atoms with Crippen LogP contribution in [0.5, 0.6) is 5.75 Å². The summed E-state index contributed by atoms with van der Waals surface area (Å²) >= 11 is 5.91. The maximum absolute atomic E-state index is 12.8. The first-order valence-corrected chi connectivity index (χ1v) is 7.99. The third-order valence-corrected chi connectivity index (χ3v) is 3.54. The van der Waals surface area contributed by atoms with Gasteiger partial charge in [0.05, 0.1) is 19.2 Å². The number of carbonyl (C=O) groups excluding carboxylic acids is 2. The fourth-order valence-corrected chi connectivity index (χ4v) is 2.23. The Morgan fingerprint density at radius 1 is 1.19 bits per heavy atom. The molecule has 8 heteroatoms. The van der Waals surface area contributed by atoms with Crippen LogP contribution in [-0.4, -0.2) is 24.6 Å². The van der Waals surface area contributed by atoms with Gasteiger partial charge in [0.1, 0.15) is 11.6 Å². The van der Waals surface area contributed by atoms with Crippen LogP contribution in [-0.2, 0) is 4.79 Å². The minimum atomic E-state index is -0.499. The van der Waals surface area contributed by atoms with E-state index < -0.39 is 11.7 Å². The zero-order valence-electron chi connectivity index (χ0n) is 14.2. The SMILES string of the molecule is COc1ccc(Cl)cc1NC(=O)C/C(C)=N\NC(=O)c1ccc(F)cc1. The summed E-state index contributed by atoms with van der Waals surface area (Å²) in [6, 6.07) is 9.90. The first kappa shape index (κ1) is 19.4. The van der Waals surface area contributed by atoms with Gasteiger partial charge in [0, 0.05) is 16.3 Å². The maximum atomic E-state index is 12.8. The average Bonchev–Trinajstić information content (AvgIpc) is 2.60. The van der Waals surface area contributed by atoms with Gasteiger partial charge in [-0.05, 0) is 49.4 Å². The lowest BCUT2D eigenvalue weighted by molar-refractivity contribution is -0.115. The minimum Gasteiger partial charge on any atom is -0.495 e. The van der Waals surface area contributed by atoms with Crippen molar-refractivity contribution in [2.45, 2.75) is 13.3 Å². The summed E-state index contributed by atoms with van der Waals surface area (Å²) in [5.74, 6) is -0.805. The molecule has 2 rings (SSSR count). The average molecular weight is 378 g/mol. The topological polar surface area (TPSA) is 79.8 Å². The zero-order valence-corrected chi connectivity index (χ0v) is 14.9. The lowest BCUT2D eigenvalue weighted by atomic mass is 10.2. The molecule has 2 amide bonds. The number of hydrazone groups is 1. The molecule has 0 spiro atoms. The van der Waals surface area contributed by atoms with Crippen LogP contribution >= 0.6 is 11.6 Å². The van der Waals surface area contributed by atoms with Crippen molar-refractivity contribution in [2.24, 2.45) is 5.10 Å². The van der Waals surface area contributed by atoms with Crippen LogP contribution in [0.4, 0.5) is 10.1 Å². The van der Waals surface area contributed by atoms with E-state index in [9.17, 15) is 14.0 Å². The van der Waals surface area contributed by atoms with E-state index in [2.05, 4.69) is 15.8 Å². The lowest BCUT2D eigenvalue weighted by Crippen LogP contribution is -2.21. The van der Waals surface area contributed by atoms with Crippen LogP contribution in [0.2, 0.25) is 5.02 Å². The summed E-state index contributed by atoms with van der Waals surface area (Å²) in [4.78, 5) is 24.0. The van der Waals surface area contributed by atoms with Crippen molar-refractivity contribution in [1.29, 1.82) is 0 Å². The third-order valence-electron chi connectivity index (χ3n) is 3.31. The molecule has 136 valence electrons. The molecule has 0 bridgehead atoms. The van der Waals surface area contributed by atoms with Crippen LogP contribution < -0.4 is 15.5 Å². The molecule has 0 aromatic heterocycles. The molecule has 0 aliphatic carbocycles. The number of methoxy groups -OCH3 is 1. The fourth-order valence-electron chi connectivity index (χ4n) is 2.06. The van der Waals surface area contributed by atoms with Gasteiger partial charge in [-0.15, -0.1) is 0 Å². The summed E-state index contributed by atoms with van der Waals surface area (Å²) in [5, 5.41) is 7.00. The van der Waals surface area contributed by atoms with E-state index in [-0.39, 0.29) is 17.9 Å². The molecule has 0 saturated carbocycles. The second-order valence-corrected chi connectivity index (χ2v) is 5.80. The third kappa shape index (κ3) is 5.56. The van der Waals surface area contributed by atoms with Gasteiger partial charge in [0.15, 0.2) is 0 Å². The predicted molar refractivity (Wildman–Crippen MR) is 98.2 cm³/mol. The molecule has 6 nitrogen and oxygen atoms in total. The highest BCUT2D eigenvalue weighted by Crippen LogP contribution is 2.27. The van der Waals surface area contributed by atoms with E-state index in [1.807, 2.05) is 0 Å². The van der Waals surface area contributed by atoms with Gasteiger partial charge in [-0.2, -0.15) is 5.10 Å². The Balaban J connectivity index is 1.94. The Bertz CT molecular complexity index is 838. The van der Waals surface area contributed by atoms with Crippen molar-refractivity contribution in [2.75, 3.05) is 12.4 Å². The number of hydrogen-bond acceptors (Lipinski definition) is 4. The Morgan fingerprint density at radius 2 is 1.88 bits per heavy atom. The van der Waals surface area contributed by atoms with Crippen LogP contribution in [0, 0.1) is 5.82 Å². The fraction of sp³-hybridized carbons (Fsp3) is 0.167. The highest BCUT2D eigenvalue weighted by Gasteiger charge is 2.10. The summed E-state index contributed by atoms with van der Waals surface area (Å²) < 4.78 is 18.0. The Morgan fingerprint density at radius 3 is 2.54 bits per heavy atom. The number of rotatable bonds is 6. The highest BCUT2D eigenvalue weighted by atomic mass is 35.5. The molecule has 0 radical (unpaired) electrons. The first-order chi connectivity index (χ1) is 12.4. The van der Waals surface area contributed by atoms with Gasteiger partial charge in [-0.25, -0.2) is 9.82 Å². The monoisotopic (exact) mass is 377 g/mol.